The Balaban J connectivity index is 1.60. The van der Waals surface area contributed by atoms with Gasteiger partial charge in [0.1, 0.15) is 17.0 Å². The fourth-order valence-electron chi connectivity index (χ4n) is 6.23. The Hall–Kier alpha value is -3.16. The van der Waals surface area contributed by atoms with Crippen LogP contribution in [0.25, 0.3) is 11.3 Å². The van der Waals surface area contributed by atoms with E-state index in [2.05, 4.69) is 16.8 Å². The molecule has 2 fully saturated rings. The zero-order valence-electron chi connectivity index (χ0n) is 18.8. The first-order valence-electron chi connectivity index (χ1n) is 11.0. The maximum absolute atomic E-state index is 14.4. The van der Waals surface area contributed by atoms with Crippen molar-refractivity contribution in [2.75, 3.05) is 20.2 Å². The number of nitrogens with zero attached hydrogens (tertiary/aromatic N) is 3. The van der Waals surface area contributed by atoms with E-state index in [1.54, 1.807) is 11.0 Å². The predicted molar refractivity (Wildman–Crippen MR) is 116 cm³/mol. The van der Waals surface area contributed by atoms with Gasteiger partial charge in [-0.2, -0.15) is 5.10 Å². The highest BCUT2D eigenvalue weighted by Gasteiger charge is 2.71. The molecule has 1 aliphatic heterocycles. The lowest BCUT2D eigenvalue weighted by atomic mass is 9.62. The molecular weight excluding hydrogens is 428 g/mol. The van der Waals surface area contributed by atoms with E-state index in [1.165, 1.54) is 25.3 Å². The first-order chi connectivity index (χ1) is 15.7. The summed E-state index contributed by atoms with van der Waals surface area (Å²) in [5, 5.41) is 8.59. The van der Waals surface area contributed by atoms with Crippen molar-refractivity contribution in [1.29, 1.82) is 0 Å². The maximum Gasteiger partial charge on any atom is 0.312 e. The van der Waals surface area contributed by atoms with E-state index < -0.39 is 22.5 Å². The van der Waals surface area contributed by atoms with E-state index in [9.17, 15) is 18.4 Å². The Morgan fingerprint density at radius 1 is 1.21 bits per heavy atom. The normalized spacial score (nSPS) is 27.8. The molecule has 3 atom stereocenters. The molecule has 33 heavy (non-hydrogen) atoms. The molecule has 2 aromatic rings. The summed E-state index contributed by atoms with van der Waals surface area (Å²) < 4.78 is 33.7. The lowest BCUT2D eigenvalue weighted by molar-refractivity contribution is -0.159. The minimum Gasteiger partial charge on any atom is -0.469 e. The van der Waals surface area contributed by atoms with Crippen LogP contribution in [0.5, 0.6) is 0 Å². The second-order valence-electron chi connectivity index (χ2n) is 9.54. The van der Waals surface area contributed by atoms with Crippen LogP contribution < -0.4 is 0 Å². The number of rotatable bonds is 4. The number of halogens is 2. The van der Waals surface area contributed by atoms with Crippen LogP contribution in [0, 0.1) is 23.0 Å². The van der Waals surface area contributed by atoms with E-state index in [4.69, 9.17) is 4.74 Å². The van der Waals surface area contributed by atoms with Crippen LogP contribution in [0.4, 0.5) is 8.78 Å². The SMILES string of the molecule is C=C(C)C1(C)C2CCC1(C(=O)N1CC(C(=O)OC)C1)c1nnc(-c3c(F)cccc3F)cc12. The highest BCUT2D eigenvalue weighted by atomic mass is 19.1. The summed E-state index contributed by atoms with van der Waals surface area (Å²) in [5.74, 6) is -2.26. The largest absolute Gasteiger partial charge is 0.469 e. The minimum absolute atomic E-state index is 0.0734. The van der Waals surface area contributed by atoms with Crippen molar-refractivity contribution in [2.45, 2.75) is 38.0 Å². The molecule has 2 aliphatic carbocycles. The van der Waals surface area contributed by atoms with Crippen LogP contribution in [0.2, 0.25) is 0 Å². The van der Waals surface area contributed by atoms with Crippen LogP contribution in [-0.4, -0.2) is 47.2 Å². The number of esters is 1. The molecule has 8 heteroatoms. The van der Waals surface area contributed by atoms with Gasteiger partial charge < -0.3 is 9.64 Å². The fourth-order valence-corrected chi connectivity index (χ4v) is 6.23. The zero-order valence-corrected chi connectivity index (χ0v) is 18.8. The van der Waals surface area contributed by atoms with E-state index >= 15 is 0 Å². The lowest BCUT2D eigenvalue weighted by Crippen LogP contribution is -2.61. The number of allylic oxidation sites excluding steroid dienone is 1. The third-order valence-corrected chi connectivity index (χ3v) is 8.17. The smallest absolute Gasteiger partial charge is 0.312 e. The summed E-state index contributed by atoms with van der Waals surface area (Å²) in [7, 11) is 1.34. The number of carbonyl (C=O) groups is 2. The Labute approximate surface area is 190 Å². The molecule has 1 saturated heterocycles. The predicted octanol–water partition coefficient (Wildman–Crippen LogP) is 3.76. The van der Waals surface area contributed by atoms with Crippen LogP contribution in [0.15, 0.2) is 36.4 Å². The molecule has 1 aromatic heterocycles. The summed E-state index contributed by atoms with van der Waals surface area (Å²) in [5.41, 5.74) is 0.479. The molecule has 1 aromatic carbocycles. The van der Waals surface area contributed by atoms with Gasteiger partial charge in [-0.05, 0) is 49.4 Å². The number of carbonyl (C=O) groups excluding carboxylic acids is 2. The number of aromatic nitrogens is 2. The summed E-state index contributed by atoms with van der Waals surface area (Å²) in [6, 6.07) is 5.35. The molecule has 5 rings (SSSR count). The minimum atomic E-state index is -0.973. The number of amides is 1. The fraction of sp³-hybridized carbons (Fsp3) is 0.440. The molecular formula is C25H25F2N3O3. The van der Waals surface area contributed by atoms with Gasteiger partial charge in [0.05, 0.1) is 30.0 Å². The van der Waals surface area contributed by atoms with Gasteiger partial charge in [0, 0.05) is 18.5 Å². The van der Waals surface area contributed by atoms with Crippen molar-refractivity contribution in [2.24, 2.45) is 11.3 Å². The topological polar surface area (TPSA) is 72.4 Å². The quantitative estimate of drug-likeness (QED) is 0.521. The van der Waals surface area contributed by atoms with E-state index in [-0.39, 0.29) is 35.0 Å². The first kappa shape index (κ1) is 21.7. The summed E-state index contributed by atoms with van der Waals surface area (Å²) >= 11 is 0. The van der Waals surface area contributed by atoms with E-state index in [0.29, 0.717) is 25.2 Å². The van der Waals surface area contributed by atoms with E-state index in [0.717, 1.165) is 17.6 Å². The summed E-state index contributed by atoms with van der Waals surface area (Å²) in [4.78, 5) is 27.5. The van der Waals surface area contributed by atoms with Crippen molar-refractivity contribution in [3.8, 4) is 11.3 Å². The van der Waals surface area contributed by atoms with Gasteiger partial charge in [-0.3, -0.25) is 9.59 Å². The van der Waals surface area contributed by atoms with Gasteiger partial charge in [0.2, 0.25) is 5.91 Å². The highest BCUT2D eigenvalue weighted by molar-refractivity contribution is 5.94. The number of ether oxygens (including phenoxy) is 1. The third-order valence-electron chi connectivity index (χ3n) is 8.17. The second kappa shape index (κ2) is 7.17. The molecule has 6 nitrogen and oxygen atoms in total. The number of hydrogen-bond acceptors (Lipinski definition) is 5. The molecule has 3 unspecified atom stereocenters. The first-order valence-corrected chi connectivity index (χ1v) is 11.0. The highest BCUT2D eigenvalue weighted by Crippen LogP contribution is 2.70. The standard InChI is InChI=1S/C25H25F2N3O3/c1-13(2)24(3)16-8-9-25(24,23(32)30-11-14(12-30)22(31)33-4)21-15(16)10-19(28-29-21)20-17(26)6-5-7-18(20)27/h5-7,10,14,16H,1,8-9,11-12H2,2-4H3. The molecule has 0 radical (unpaired) electrons. The molecule has 1 saturated carbocycles. The molecule has 1 amide bonds. The van der Waals surface area contributed by atoms with Crippen molar-refractivity contribution in [3.05, 3.63) is 59.3 Å². The maximum atomic E-state index is 14.4. The molecule has 2 heterocycles. The zero-order chi connectivity index (χ0) is 23.7. The van der Waals surface area contributed by atoms with Crippen LogP contribution in [0.3, 0.4) is 0 Å². The van der Waals surface area contributed by atoms with Gasteiger partial charge in [-0.15, -0.1) is 5.10 Å². The number of likely N-dealkylation sites (tertiary alicyclic amines) is 1. The lowest BCUT2D eigenvalue weighted by Gasteiger charge is -2.47. The Morgan fingerprint density at radius 3 is 2.48 bits per heavy atom. The third kappa shape index (κ3) is 2.63. The van der Waals surface area contributed by atoms with Gasteiger partial charge >= 0.3 is 5.97 Å². The van der Waals surface area contributed by atoms with Crippen LogP contribution in [0.1, 0.15) is 43.9 Å². The number of methoxy groups -OCH3 is 1. The Kier molecular flexibility index (Phi) is 4.71. The van der Waals surface area contributed by atoms with Crippen molar-refractivity contribution in [3.63, 3.8) is 0 Å². The Bertz CT molecular complexity index is 1190. The monoisotopic (exact) mass is 453 g/mol. The Morgan fingerprint density at radius 2 is 1.88 bits per heavy atom. The number of hydrogen-bond donors (Lipinski definition) is 0. The van der Waals surface area contributed by atoms with Crippen molar-refractivity contribution >= 4 is 11.9 Å². The van der Waals surface area contributed by atoms with Gasteiger partial charge in [-0.1, -0.05) is 25.1 Å². The van der Waals surface area contributed by atoms with Crippen LogP contribution >= 0.6 is 0 Å². The number of benzene rings is 1. The summed E-state index contributed by atoms with van der Waals surface area (Å²) in [6.07, 6.45) is 1.30. The van der Waals surface area contributed by atoms with Gasteiger partial charge in [0.15, 0.2) is 0 Å². The van der Waals surface area contributed by atoms with Crippen molar-refractivity contribution in [1.82, 2.24) is 15.1 Å². The van der Waals surface area contributed by atoms with Crippen LogP contribution in [-0.2, 0) is 19.7 Å². The average molecular weight is 453 g/mol. The second-order valence-corrected chi connectivity index (χ2v) is 9.54. The molecule has 3 aliphatic rings. The average Bonchev–Trinajstić information content (AvgIpc) is 3.18. The van der Waals surface area contributed by atoms with Gasteiger partial charge in [0.25, 0.3) is 0 Å². The molecule has 172 valence electrons. The molecule has 2 bridgehead atoms. The van der Waals surface area contributed by atoms with E-state index in [1.807, 2.05) is 13.8 Å². The molecule has 0 spiro atoms. The summed E-state index contributed by atoms with van der Waals surface area (Å²) in [6.45, 7) is 8.74. The number of fused-ring (bicyclic) bond motifs is 5. The van der Waals surface area contributed by atoms with Crippen molar-refractivity contribution < 1.29 is 23.1 Å². The van der Waals surface area contributed by atoms with Gasteiger partial charge in [-0.25, -0.2) is 8.78 Å². The molecule has 0 N–H and O–H groups in total.